The van der Waals surface area contributed by atoms with Gasteiger partial charge in [0.25, 0.3) is 0 Å². The van der Waals surface area contributed by atoms with Gasteiger partial charge in [-0.05, 0) is 25.0 Å². The molecule has 0 aliphatic heterocycles. The van der Waals surface area contributed by atoms with E-state index in [0.717, 1.165) is 18.4 Å². The summed E-state index contributed by atoms with van der Waals surface area (Å²) >= 11 is 0. The summed E-state index contributed by atoms with van der Waals surface area (Å²) in [6.45, 7) is -0.183. The van der Waals surface area contributed by atoms with Crippen molar-refractivity contribution < 1.29 is 9.50 Å². The first-order chi connectivity index (χ1) is 8.22. The first-order valence-electron chi connectivity index (χ1n) is 5.75. The molecule has 1 atom stereocenters. The number of fused-ring (bicyclic) bond motifs is 1. The highest BCUT2D eigenvalue weighted by Crippen LogP contribution is 2.39. The largest absolute Gasteiger partial charge is 0.394 e. The van der Waals surface area contributed by atoms with Crippen LogP contribution in [0.3, 0.4) is 0 Å². The average Bonchev–Trinajstić information content (AvgIpc) is 3.09. The molecule has 1 aromatic carbocycles. The van der Waals surface area contributed by atoms with Gasteiger partial charge in [-0.1, -0.05) is 6.07 Å². The monoisotopic (exact) mass is 235 g/mol. The highest BCUT2D eigenvalue weighted by Gasteiger charge is 2.30. The van der Waals surface area contributed by atoms with Crippen LogP contribution in [-0.2, 0) is 0 Å². The first-order valence-corrected chi connectivity index (χ1v) is 5.75. The van der Waals surface area contributed by atoms with Crippen molar-refractivity contribution in [2.75, 3.05) is 6.61 Å². The molecule has 4 nitrogen and oxygen atoms in total. The Bertz CT molecular complexity index is 562. The van der Waals surface area contributed by atoms with Gasteiger partial charge in [0.2, 0.25) is 0 Å². The standard InChI is InChI=1S/C12H14FN3O/c13-8-2-1-3-10-11(8)15-12(9(14)6-17)16(10)7-4-5-7/h1-3,7,9,17H,4-6,14H2. The van der Waals surface area contributed by atoms with Gasteiger partial charge in [-0.2, -0.15) is 0 Å². The van der Waals surface area contributed by atoms with E-state index in [2.05, 4.69) is 4.98 Å². The van der Waals surface area contributed by atoms with Gasteiger partial charge < -0.3 is 15.4 Å². The lowest BCUT2D eigenvalue weighted by atomic mass is 10.3. The van der Waals surface area contributed by atoms with Gasteiger partial charge in [0, 0.05) is 6.04 Å². The summed E-state index contributed by atoms with van der Waals surface area (Å²) in [5.41, 5.74) is 6.93. The zero-order valence-corrected chi connectivity index (χ0v) is 9.31. The Balaban J connectivity index is 2.26. The summed E-state index contributed by atoms with van der Waals surface area (Å²) in [6.07, 6.45) is 2.13. The van der Waals surface area contributed by atoms with Crippen molar-refractivity contribution >= 4 is 11.0 Å². The zero-order chi connectivity index (χ0) is 12.0. The minimum absolute atomic E-state index is 0.183. The molecule has 17 heavy (non-hydrogen) atoms. The predicted molar refractivity (Wildman–Crippen MR) is 62.0 cm³/mol. The van der Waals surface area contributed by atoms with E-state index in [9.17, 15) is 4.39 Å². The Labute approximate surface area is 97.9 Å². The molecular formula is C12H14FN3O. The molecule has 5 heteroatoms. The molecule has 1 aromatic heterocycles. The molecule has 3 N–H and O–H groups in total. The van der Waals surface area contributed by atoms with Crippen LogP contribution in [0.2, 0.25) is 0 Å². The summed E-state index contributed by atoms with van der Waals surface area (Å²) in [6, 6.07) is 4.71. The molecule has 1 unspecified atom stereocenters. The van der Waals surface area contributed by atoms with Crippen molar-refractivity contribution in [1.82, 2.24) is 9.55 Å². The van der Waals surface area contributed by atoms with E-state index < -0.39 is 6.04 Å². The normalized spacial score (nSPS) is 17.6. The Hall–Kier alpha value is -1.46. The third-order valence-electron chi connectivity index (χ3n) is 3.14. The van der Waals surface area contributed by atoms with E-state index in [1.807, 2.05) is 10.6 Å². The fraction of sp³-hybridized carbons (Fsp3) is 0.417. The second-order valence-corrected chi connectivity index (χ2v) is 4.47. The number of benzene rings is 1. The zero-order valence-electron chi connectivity index (χ0n) is 9.31. The maximum Gasteiger partial charge on any atom is 0.151 e. The SMILES string of the molecule is NC(CO)c1nc2c(F)cccc2n1C1CC1. The lowest BCUT2D eigenvalue weighted by molar-refractivity contribution is 0.261. The van der Waals surface area contributed by atoms with Crippen molar-refractivity contribution in [3.8, 4) is 0 Å². The Morgan fingerprint density at radius 1 is 1.53 bits per heavy atom. The second-order valence-electron chi connectivity index (χ2n) is 4.47. The maximum absolute atomic E-state index is 13.7. The van der Waals surface area contributed by atoms with Crippen LogP contribution in [-0.4, -0.2) is 21.3 Å². The van der Waals surface area contributed by atoms with Crippen molar-refractivity contribution in [3.63, 3.8) is 0 Å². The number of hydrogen-bond donors (Lipinski definition) is 2. The molecule has 2 aromatic rings. The summed E-state index contributed by atoms with van der Waals surface area (Å²) < 4.78 is 15.6. The Morgan fingerprint density at radius 3 is 2.94 bits per heavy atom. The van der Waals surface area contributed by atoms with Gasteiger partial charge >= 0.3 is 0 Å². The fourth-order valence-corrected chi connectivity index (χ4v) is 2.16. The molecule has 0 spiro atoms. The number of halogens is 1. The van der Waals surface area contributed by atoms with Gasteiger partial charge in [-0.25, -0.2) is 9.37 Å². The van der Waals surface area contributed by atoms with E-state index in [1.54, 1.807) is 6.07 Å². The van der Waals surface area contributed by atoms with Gasteiger partial charge in [0.05, 0.1) is 18.2 Å². The lowest BCUT2D eigenvalue weighted by Gasteiger charge is -2.11. The molecule has 0 saturated heterocycles. The topological polar surface area (TPSA) is 64.1 Å². The number of nitrogens with zero attached hydrogens (tertiary/aromatic N) is 2. The van der Waals surface area contributed by atoms with Crippen LogP contribution >= 0.6 is 0 Å². The van der Waals surface area contributed by atoms with Crippen LogP contribution in [0.1, 0.15) is 30.7 Å². The number of aromatic nitrogens is 2. The van der Waals surface area contributed by atoms with Crippen LogP contribution < -0.4 is 5.73 Å². The van der Waals surface area contributed by atoms with Crippen LogP contribution in [0.15, 0.2) is 18.2 Å². The van der Waals surface area contributed by atoms with E-state index >= 15 is 0 Å². The average molecular weight is 235 g/mol. The Kier molecular flexibility index (Phi) is 2.38. The van der Waals surface area contributed by atoms with Crippen molar-refractivity contribution in [3.05, 3.63) is 29.8 Å². The minimum Gasteiger partial charge on any atom is -0.394 e. The molecule has 1 aliphatic carbocycles. The number of rotatable bonds is 3. The molecule has 3 rings (SSSR count). The summed E-state index contributed by atoms with van der Waals surface area (Å²) in [7, 11) is 0. The summed E-state index contributed by atoms with van der Waals surface area (Å²) in [4.78, 5) is 4.25. The van der Waals surface area contributed by atoms with Crippen LogP contribution in [0, 0.1) is 5.82 Å². The van der Waals surface area contributed by atoms with E-state index in [4.69, 9.17) is 10.8 Å². The van der Waals surface area contributed by atoms with Gasteiger partial charge in [0.1, 0.15) is 11.3 Å². The quantitative estimate of drug-likeness (QED) is 0.847. The van der Waals surface area contributed by atoms with Crippen LogP contribution in [0.25, 0.3) is 11.0 Å². The maximum atomic E-state index is 13.7. The Morgan fingerprint density at radius 2 is 2.29 bits per heavy atom. The van der Waals surface area contributed by atoms with E-state index in [-0.39, 0.29) is 12.4 Å². The highest BCUT2D eigenvalue weighted by molar-refractivity contribution is 5.77. The van der Waals surface area contributed by atoms with Crippen LogP contribution in [0.5, 0.6) is 0 Å². The number of hydrogen-bond acceptors (Lipinski definition) is 3. The third kappa shape index (κ3) is 1.62. The van der Waals surface area contributed by atoms with Gasteiger partial charge in [-0.3, -0.25) is 0 Å². The number of nitrogens with two attached hydrogens (primary N) is 1. The fourth-order valence-electron chi connectivity index (χ4n) is 2.16. The predicted octanol–water partition coefficient (Wildman–Crippen LogP) is 1.50. The lowest BCUT2D eigenvalue weighted by Crippen LogP contribution is -2.19. The molecule has 1 heterocycles. The molecule has 0 bridgehead atoms. The summed E-state index contributed by atoms with van der Waals surface area (Å²) in [5.74, 6) is 0.239. The smallest absolute Gasteiger partial charge is 0.151 e. The molecule has 1 aliphatic rings. The second kappa shape index (κ2) is 3.78. The van der Waals surface area contributed by atoms with Crippen molar-refractivity contribution in [2.24, 2.45) is 5.73 Å². The first kappa shape index (κ1) is 10.7. The molecule has 1 saturated carbocycles. The molecule has 90 valence electrons. The van der Waals surface area contributed by atoms with E-state index in [1.165, 1.54) is 6.07 Å². The van der Waals surface area contributed by atoms with Gasteiger partial charge in [-0.15, -0.1) is 0 Å². The van der Waals surface area contributed by atoms with Crippen LogP contribution in [0.4, 0.5) is 4.39 Å². The van der Waals surface area contributed by atoms with E-state index in [0.29, 0.717) is 17.4 Å². The molecular weight excluding hydrogens is 221 g/mol. The van der Waals surface area contributed by atoms with Gasteiger partial charge in [0.15, 0.2) is 5.82 Å². The number of aliphatic hydroxyl groups is 1. The number of para-hydroxylation sites is 1. The summed E-state index contributed by atoms with van der Waals surface area (Å²) in [5, 5.41) is 9.14. The minimum atomic E-state index is -0.553. The third-order valence-corrected chi connectivity index (χ3v) is 3.14. The number of aliphatic hydroxyl groups excluding tert-OH is 1. The highest BCUT2D eigenvalue weighted by atomic mass is 19.1. The van der Waals surface area contributed by atoms with Crippen molar-refractivity contribution in [2.45, 2.75) is 24.9 Å². The molecule has 0 amide bonds. The molecule has 0 radical (unpaired) electrons. The van der Waals surface area contributed by atoms with Crippen molar-refractivity contribution in [1.29, 1.82) is 0 Å². The molecule has 1 fully saturated rings. The number of imidazole rings is 1.